The molecule has 1 heterocycles. The fraction of sp³-hybridized carbons (Fsp3) is 0. The number of nitrogens with one attached hydrogen (secondary N) is 1. The molecule has 2 N–H and O–H groups in total. The van der Waals surface area contributed by atoms with Crippen LogP contribution in [0.25, 0.3) is 0 Å². The lowest BCUT2D eigenvalue weighted by Gasteiger charge is -2.02. The van der Waals surface area contributed by atoms with Crippen molar-refractivity contribution in [1.29, 1.82) is 0 Å². The van der Waals surface area contributed by atoms with Crippen LogP contribution in [0.15, 0.2) is 41.6 Å². The number of carbonyl (C=O) groups excluding carboxylic acids is 1. The van der Waals surface area contributed by atoms with E-state index in [2.05, 4.69) is 15.5 Å². The Bertz CT molecular complexity index is 660. The molecular formula is C13H9Cl2N3O2. The molecule has 0 aliphatic carbocycles. The summed E-state index contributed by atoms with van der Waals surface area (Å²) in [6.45, 7) is 0. The lowest BCUT2D eigenvalue weighted by Crippen LogP contribution is -2.18. The summed E-state index contributed by atoms with van der Waals surface area (Å²) < 4.78 is 0. The van der Waals surface area contributed by atoms with E-state index < -0.39 is 5.91 Å². The predicted molar refractivity (Wildman–Crippen MR) is 77.4 cm³/mol. The summed E-state index contributed by atoms with van der Waals surface area (Å²) in [6.07, 6.45) is 2.75. The van der Waals surface area contributed by atoms with E-state index in [4.69, 9.17) is 23.2 Å². The molecule has 2 aromatic rings. The van der Waals surface area contributed by atoms with Crippen LogP contribution in [0.2, 0.25) is 10.0 Å². The first-order chi connectivity index (χ1) is 9.58. The zero-order valence-corrected chi connectivity index (χ0v) is 11.6. The zero-order valence-electron chi connectivity index (χ0n) is 10.0. The summed E-state index contributed by atoms with van der Waals surface area (Å²) in [5.74, 6) is -0.624. The van der Waals surface area contributed by atoms with Crippen molar-refractivity contribution in [2.45, 2.75) is 0 Å². The van der Waals surface area contributed by atoms with E-state index in [1.807, 2.05) is 0 Å². The number of benzene rings is 1. The SMILES string of the molecule is O=C(N/N=C\c1cc(Cl)cc(Cl)c1O)c1ccccn1. The van der Waals surface area contributed by atoms with Crippen LogP contribution in [-0.2, 0) is 0 Å². The summed E-state index contributed by atoms with van der Waals surface area (Å²) in [6, 6.07) is 7.82. The number of halogens is 2. The van der Waals surface area contributed by atoms with Crippen LogP contribution in [0.1, 0.15) is 16.1 Å². The molecule has 2 rings (SSSR count). The largest absolute Gasteiger partial charge is 0.506 e. The summed E-state index contributed by atoms with van der Waals surface area (Å²) in [7, 11) is 0. The molecule has 0 bridgehead atoms. The van der Waals surface area contributed by atoms with Crippen molar-refractivity contribution in [3.8, 4) is 5.75 Å². The Morgan fingerprint density at radius 3 is 2.85 bits per heavy atom. The number of carbonyl (C=O) groups is 1. The monoisotopic (exact) mass is 309 g/mol. The molecule has 1 aromatic carbocycles. The van der Waals surface area contributed by atoms with Crippen LogP contribution in [-0.4, -0.2) is 22.2 Å². The van der Waals surface area contributed by atoms with Crippen LogP contribution in [0.3, 0.4) is 0 Å². The Balaban J connectivity index is 2.10. The number of hydrogen-bond acceptors (Lipinski definition) is 4. The van der Waals surface area contributed by atoms with E-state index >= 15 is 0 Å². The molecule has 102 valence electrons. The highest BCUT2D eigenvalue weighted by molar-refractivity contribution is 6.36. The summed E-state index contributed by atoms with van der Waals surface area (Å²) in [4.78, 5) is 15.5. The van der Waals surface area contributed by atoms with Crippen LogP contribution < -0.4 is 5.43 Å². The van der Waals surface area contributed by atoms with E-state index in [9.17, 15) is 9.90 Å². The molecule has 0 saturated carbocycles. The maximum absolute atomic E-state index is 11.7. The third-order valence-corrected chi connectivity index (χ3v) is 2.83. The number of rotatable bonds is 3. The molecule has 1 amide bonds. The molecule has 0 spiro atoms. The molecule has 5 nitrogen and oxygen atoms in total. The van der Waals surface area contributed by atoms with Crippen molar-refractivity contribution in [2.75, 3.05) is 0 Å². The van der Waals surface area contributed by atoms with Crippen molar-refractivity contribution in [1.82, 2.24) is 10.4 Å². The van der Waals surface area contributed by atoms with E-state index in [-0.39, 0.29) is 16.5 Å². The van der Waals surface area contributed by atoms with Gasteiger partial charge in [0.2, 0.25) is 0 Å². The summed E-state index contributed by atoms with van der Waals surface area (Å²) in [5.41, 5.74) is 2.81. The smallest absolute Gasteiger partial charge is 0.289 e. The van der Waals surface area contributed by atoms with Gasteiger partial charge >= 0.3 is 0 Å². The van der Waals surface area contributed by atoms with Crippen LogP contribution in [0, 0.1) is 0 Å². The lowest BCUT2D eigenvalue weighted by molar-refractivity contribution is 0.0950. The Morgan fingerprint density at radius 1 is 1.35 bits per heavy atom. The fourth-order valence-electron chi connectivity index (χ4n) is 1.40. The quantitative estimate of drug-likeness (QED) is 0.676. The number of nitrogens with zero attached hydrogens (tertiary/aromatic N) is 2. The minimum atomic E-state index is -0.463. The number of aromatic hydroxyl groups is 1. The standard InChI is InChI=1S/C13H9Cl2N3O2/c14-9-5-8(12(19)10(15)6-9)7-17-18-13(20)11-3-1-2-4-16-11/h1-7,19H,(H,18,20)/b17-7-. The van der Waals surface area contributed by atoms with Crippen molar-refractivity contribution < 1.29 is 9.90 Å². The highest BCUT2D eigenvalue weighted by Gasteiger charge is 2.07. The third-order valence-electron chi connectivity index (χ3n) is 2.32. The van der Waals surface area contributed by atoms with Gasteiger partial charge in [-0.15, -0.1) is 0 Å². The first-order valence-electron chi connectivity index (χ1n) is 5.50. The molecule has 1 aromatic heterocycles. The van der Waals surface area contributed by atoms with Gasteiger partial charge in [-0.25, -0.2) is 5.43 Å². The number of hydrazone groups is 1. The molecule has 0 saturated heterocycles. The third kappa shape index (κ3) is 3.46. The van der Waals surface area contributed by atoms with Gasteiger partial charge in [-0.05, 0) is 24.3 Å². The normalized spacial score (nSPS) is 10.7. The summed E-state index contributed by atoms with van der Waals surface area (Å²) in [5, 5.41) is 13.9. The van der Waals surface area contributed by atoms with Crippen LogP contribution >= 0.6 is 23.2 Å². The van der Waals surface area contributed by atoms with Gasteiger partial charge in [0.1, 0.15) is 11.4 Å². The molecule has 0 aliphatic rings. The van der Waals surface area contributed by atoms with Gasteiger partial charge in [-0.1, -0.05) is 29.3 Å². The predicted octanol–water partition coefficient (Wildman–Crippen LogP) is 2.86. The van der Waals surface area contributed by atoms with Crippen molar-refractivity contribution in [3.63, 3.8) is 0 Å². The second-order valence-electron chi connectivity index (χ2n) is 3.74. The Kier molecular flexibility index (Phi) is 4.55. The highest BCUT2D eigenvalue weighted by atomic mass is 35.5. The van der Waals surface area contributed by atoms with Gasteiger partial charge in [-0.2, -0.15) is 5.10 Å². The maximum Gasteiger partial charge on any atom is 0.289 e. The van der Waals surface area contributed by atoms with E-state index in [0.717, 1.165) is 0 Å². The molecule has 0 atom stereocenters. The average molecular weight is 310 g/mol. The van der Waals surface area contributed by atoms with E-state index in [1.165, 1.54) is 24.5 Å². The highest BCUT2D eigenvalue weighted by Crippen LogP contribution is 2.29. The fourth-order valence-corrected chi connectivity index (χ4v) is 1.91. The maximum atomic E-state index is 11.7. The first-order valence-corrected chi connectivity index (χ1v) is 6.26. The number of phenols is 1. The zero-order chi connectivity index (χ0) is 14.5. The van der Waals surface area contributed by atoms with Gasteiger partial charge in [0, 0.05) is 16.8 Å². The average Bonchev–Trinajstić information content (AvgIpc) is 2.44. The van der Waals surface area contributed by atoms with Gasteiger partial charge in [0.05, 0.1) is 11.2 Å². The molecule has 0 aliphatic heterocycles. The topological polar surface area (TPSA) is 74.6 Å². The van der Waals surface area contributed by atoms with Crippen molar-refractivity contribution >= 4 is 35.3 Å². The number of phenolic OH excluding ortho intramolecular Hbond substituents is 1. The molecule has 20 heavy (non-hydrogen) atoms. The number of hydrogen-bond donors (Lipinski definition) is 2. The van der Waals surface area contributed by atoms with E-state index in [1.54, 1.807) is 18.2 Å². The van der Waals surface area contributed by atoms with Gasteiger partial charge in [0.15, 0.2) is 0 Å². The Morgan fingerprint density at radius 2 is 2.15 bits per heavy atom. The second-order valence-corrected chi connectivity index (χ2v) is 4.58. The van der Waals surface area contributed by atoms with Crippen molar-refractivity contribution in [3.05, 3.63) is 57.8 Å². The Hall–Kier alpha value is -2.11. The van der Waals surface area contributed by atoms with E-state index in [0.29, 0.717) is 10.6 Å². The van der Waals surface area contributed by atoms with Crippen LogP contribution in [0.5, 0.6) is 5.75 Å². The molecular weight excluding hydrogens is 301 g/mol. The molecule has 0 unspecified atom stereocenters. The second kappa shape index (κ2) is 6.36. The van der Waals surface area contributed by atoms with Gasteiger partial charge in [-0.3, -0.25) is 9.78 Å². The summed E-state index contributed by atoms with van der Waals surface area (Å²) >= 11 is 11.6. The molecule has 0 radical (unpaired) electrons. The molecule has 0 fully saturated rings. The minimum Gasteiger partial charge on any atom is -0.506 e. The number of pyridine rings is 1. The van der Waals surface area contributed by atoms with Gasteiger partial charge in [0.25, 0.3) is 5.91 Å². The van der Waals surface area contributed by atoms with Gasteiger partial charge < -0.3 is 5.11 Å². The molecule has 7 heteroatoms. The minimum absolute atomic E-state index is 0.106. The first kappa shape index (κ1) is 14.3. The Labute approximate surface area is 124 Å². The number of aromatic nitrogens is 1. The lowest BCUT2D eigenvalue weighted by atomic mass is 10.2. The van der Waals surface area contributed by atoms with Crippen LogP contribution in [0.4, 0.5) is 0 Å². The van der Waals surface area contributed by atoms with Crippen molar-refractivity contribution in [2.24, 2.45) is 5.10 Å². The number of amides is 1.